The molecule has 2 aromatic heterocycles. The zero-order valence-corrected chi connectivity index (χ0v) is 27.3. The summed E-state index contributed by atoms with van der Waals surface area (Å²) in [5.74, 6) is 0. The van der Waals surface area contributed by atoms with Gasteiger partial charge in [0, 0.05) is 38.0 Å². The molecule has 8 aromatic carbocycles. The maximum Gasteiger partial charge on any atom is 0.138 e. The first-order chi connectivity index (χ1) is 24.3. The molecule has 3 heteroatoms. The van der Waals surface area contributed by atoms with Crippen molar-refractivity contribution in [2.75, 3.05) is 4.90 Å². The van der Waals surface area contributed by atoms with E-state index in [4.69, 9.17) is 4.42 Å². The number of nitrogens with zero attached hydrogens (tertiary/aromatic N) is 1. The molecule has 49 heavy (non-hydrogen) atoms. The molecule has 0 bridgehead atoms. The van der Waals surface area contributed by atoms with Crippen LogP contribution in [0, 0.1) is 0 Å². The Morgan fingerprint density at radius 1 is 0.429 bits per heavy atom. The van der Waals surface area contributed by atoms with Gasteiger partial charge in [0.2, 0.25) is 0 Å². The van der Waals surface area contributed by atoms with E-state index in [1.54, 1.807) is 0 Å². The van der Waals surface area contributed by atoms with Gasteiger partial charge in [-0.25, -0.2) is 0 Å². The summed E-state index contributed by atoms with van der Waals surface area (Å²) in [4.78, 5) is 2.41. The summed E-state index contributed by atoms with van der Waals surface area (Å²) in [7, 11) is 0. The Morgan fingerprint density at radius 3 is 1.92 bits per heavy atom. The molecule has 0 aliphatic heterocycles. The fourth-order valence-corrected chi connectivity index (χ4v) is 8.60. The zero-order chi connectivity index (χ0) is 32.3. The van der Waals surface area contributed by atoms with Crippen LogP contribution in [0.3, 0.4) is 0 Å². The first kappa shape index (κ1) is 27.9. The Kier molecular flexibility index (Phi) is 6.39. The van der Waals surface area contributed by atoms with Crippen LogP contribution in [0.4, 0.5) is 17.1 Å². The lowest BCUT2D eigenvalue weighted by Crippen LogP contribution is -2.10. The van der Waals surface area contributed by atoms with E-state index in [0.717, 1.165) is 50.1 Å². The van der Waals surface area contributed by atoms with E-state index >= 15 is 0 Å². The second-order valence-electron chi connectivity index (χ2n) is 12.5. The van der Waals surface area contributed by atoms with Crippen LogP contribution in [0.25, 0.3) is 75.1 Å². The highest BCUT2D eigenvalue weighted by molar-refractivity contribution is 7.26. The topological polar surface area (TPSA) is 16.4 Å². The molecule has 0 unspecified atom stereocenters. The molecule has 0 aliphatic rings. The van der Waals surface area contributed by atoms with E-state index < -0.39 is 0 Å². The lowest BCUT2D eigenvalue weighted by Gasteiger charge is -2.27. The number of rotatable bonds is 5. The molecule has 0 N–H and O–H groups in total. The van der Waals surface area contributed by atoms with Crippen LogP contribution >= 0.6 is 11.3 Å². The number of furan rings is 1. The highest BCUT2D eigenvalue weighted by Crippen LogP contribution is 2.48. The van der Waals surface area contributed by atoms with Gasteiger partial charge in [-0.1, -0.05) is 133 Å². The van der Waals surface area contributed by atoms with Gasteiger partial charge in [0.15, 0.2) is 0 Å². The standard InChI is InChI=1S/C46H29NOS/c1-3-12-30(13-4-1)31-22-25-34(26-23-31)47(40-20-11-19-38-37-18-9-10-21-43(37)49-46(38)40)35-28-39(32-14-5-2-6-15-32)45-42(29-35)48-41-27-24-33-16-7-8-17-36(33)44(41)45/h1-29H. The van der Waals surface area contributed by atoms with Crippen molar-refractivity contribution in [2.24, 2.45) is 0 Å². The zero-order valence-electron chi connectivity index (χ0n) is 26.5. The second-order valence-corrected chi connectivity index (χ2v) is 13.5. The van der Waals surface area contributed by atoms with Gasteiger partial charge in [-0.15, -0.1) is 11.3 Å². The molecular formula is C46H29NOS. The molecule has 0 radical (unpaired) electrons. The van der Waals surface area contributed by atoms with E-state index in [-0.39, 0.29) is 0 Å². The molecule has 2 heterocycles. The molecule has 0 spiro atoms. The third-order valence-electron chi connectivity index (χ3n) is 9.65. The van der Waals surface area contributed by atoms with Gasteiger partial charge in [0.05, 0.1) is 16.1 Å². The number of fused-ring (bicyclic) bond motifs is 8. The van der Waals surface area contributed by atoms with Crippen molar-refractivity contribution in [3.8, 4) is 22.3 Å². The first-order valence-corrected chi connectivity index (χ1v) is 17.4. The minimum Gasteiger partial charge on any atom is -0.456 e. The van der Waals surface area contributed by atoms with Crippen molar-refractivity contribution < 1.29 is 4.42 Å². The van der Waals surface area contributed by atoms with Crippen LogP contribution in [-0.4, -0.2) is 0 Å². The minimum absolute atomic E-state index is 0.872. The molecule has 0 aliphatic carbocycles. The summed E-state index contributed by atoms with van der Waals surface area (Å²) in [5, 5.41) is 7.26. The van der Waals surface area contributed by atoms with Gasteiger partial charge < -0.3 is 9.32 Å². The first-order valence-electron chi connectivity index (χ1n) is 16.6. The Bertz CT molecular complexity index is 2810. The quantitative estimate of drug-likeness (QED) is 0.186. The maximum atomic E-state index is 6.77. The maximum absolute atomic E-state index is 6.77. The predicted molar refractivity (Wildman–Crippen MR) is 210 cm³/mol. The average molecular weight is 644 g/mol. The highest BCUT2D eigenvalue weighted by atomic mass is 32.1. The summed E-state index contributed by atoms with van der Waals surface area (Å²) in [6.07, 6.45) is 0. The molecule has 0 amide bonds. The molecule has 10 aromatic rings. The van der Waals surface area contributed by atoms with Crippen LogP contribution in [-0.2, 0) is 0 Å². The van der Waals surface area contributed by atoms with Crippen LogP contribution in [0.2, 0.25) is 0 Å². The number of anilines is 3. The Hall–Kier alpha value is -6.16. The molecule has 0 saturated carbocycles. The summed E-state index contributed by atoms with van der Waals surface area (Å²) < 4.78 is 9.32. The summed E-state index contributed by atoms with van der Waals surface area (Å²) in [6, 6.07) is 63.1. The highest BCUT2D eigenvalue weighted by Gasteiger charge is 2.23. The van der Waals surface area contributed by atoms with E-state index in [0.29, 0.717) is 0 Å². The molecular weight excluding hydrogens is 615 g/mol. The second kappa shape index (κ2) is 11.2. The van der Waals surface area contributed by atoms with E-state index in [9.17, 15) is 0 Å². The van der Waals surface area contributed by atoms with Crippen molar-refractivity contribution in [1.82, 2.24) is 0 Å². The average Bonchev–Trinajstić information content (AvgIpc) is 3.75. The molecule has 0 atom stereocenters. The van der Waals surface area contributed by atoms with Crippen molar-refractivity contribution in [3.05, 3.63) is 176 Å². The van der Waals surface area contributed by atoms with Gasteiger partial charge in [-0.3, -0.25) is 0 Å². The van der Waals surface area contributed by atoms with Crippen molar-refractivity contribution in [1.29, 1.82) is 0 Å². The van der Waals surface area contributed by atoms with Gasteiger partial charge in [0.1, 0.15) is 11.2 Å². The van der Waals surface area contributed by atoms with Crippen LogP contribution in [0.15, 0.2) is 180 Å². The van der Waals surface area contributed by atoms with Crippen LogP contribution in [0.5, 0.6) is 0 Å². The van der Waals surface area contributed by atoms with Gasteiger partial charge in [-0.05, 0) is 69.4 Å². The third kappa shape index (κ3) is 4.55. The molecule has 0 fully saturated rings. The van der Waals surface area contributed by atoms with Crippen LogP contribution in [0.1, 0.15) is 0 Å². The lowest BCUT2D eigenvalue weighted by atomic mass is 9.95. The monoisotopic (exact) mass is 643 g/mol. The fourth-order valence-electron chi connectivity index (χ4n) is 7.40. The number of hydrogen-bond donors (Lipinski definition) is 0. The van der Waals surface area contributed by atoms with Gasteiger partial charge >= 0.3 is 0 Å². The predicted octanol–water partition coefficient (Wildman–Crippen LogP) is 13.9. The summed E-state index contributed by atoms with van der Waals surface area (Å²) in [5.41, 5.74) is 9.75. The van der Waals surface area contributed by atoms with Crippen LogP contribution < -0.4 is 4.90 Å². The SMILES string of the molecule is c1ccc(-c2ccc(N(c3cc(-c4ccccc4)c4c(c3)oc3ccc5ccccc5c34)c3cccc4c3sc3ccccc34)cc2)cc1. The molecule has 10 rings (SSSR count). The minimum atomic E-state index is 0.872. The van der Waals surface area contributed by atoms with Gasteiger partial charge in [-0.2, -0.15) is 0 Å². The van der Waals surface area contributed by atoms with E-state index in [1.165, 1.54) is 42.1 Å². The smallest absolute Gasteiger partial charge is 0.138 e. The summed E-state index contributed by atoms with van der Waals surface area (Å²) in [6.45, 7) is 0. The lowest BCUT2D eigenvalue weighted by molar-refractivity contribution is 0.669. The largest absolute Gasteiger partial charge is 0.456 e. The Labute approximate surface area is 287 Å². The fraction of sp³-hybridized carbons (Fsp3) is 0. The third-order valence-corrected chi connectivity index (χ3v) is 10.9. The summed E-state index contributed by atoms with van der Waals surface area (Å²) >= 11 is 1.85. The van der Waals surface area contributed by atoms with Crippen molar-refractivity contribution in [2.45, 2.75) is 0 Å². The molecule has 230 valence electrons. The van der Waals surface area contributed by atoms with Crippen molar-refractivity contribution in [3.63, 3.8) is 0 Å². The van der Waals surface area contributed by atoms with E-state index in [1.807, 2.05) is 11.3 Å². The number of thiophene rings is 1. The van der Waals surface area contributed by atoms with Gasteiger partial charge in [0.25, 0.3) is 0 Å². The number of hydrogen-bond acceptors (Lipinski definition) is 3. The van der Waals surface area contributed by atoms with E-state index in [2.05, 4.69) is 181 Å². The normalized spacial score (nSPS) is 11.7. The number of benzene rings is 8. The Morgan fingerprint density at radius 2 is 1.10 bits per heavy atom. The van der Waals surface area contributed by atoms with Crippen molar-refractivity contribution >= 4 is 81.3 Å². The molecule has 0 saturated heterocycles. The molecule has 2 nitrogen and oxygen atoms in total. The Balaban J connectivity index is 1.28.